The van der Waals surface area contributed by atoms with Gasteiger partial charge < -0.3 is 9.88 Å². The summed E-state index contributed by atoms with van der Waals surface area (Å²) in [6.07, 6.45) is 3.64. The average molecular weight is 280 g/mol. The van der Waals surface area contributed by atoms with Crippen LogP contribution < -0.4 is 5.32 Å². The third-order valence-corrected chi connectivity index (χ3v) is 3.58. The minimum absolute atomic E-state index is 0.368. The number of hydrogen-bond acceptors (Lipinski definition) is 3. The number of pyridine rings is 1. The van der Waals surface area contributed by atoms with E-state index in [1.54, 1.807) is 0 Å². The second-order valence-electron chi connectivity index (χ2n) is 5.58. The normalized spacial score (nSPS) is 11.2. The third-order valence-electron chi connectivity index (χ3n) is 3.58. The molecular formula is C17H20N4. The van der Waals surface area contributed by atoms with Crippen molar-refractivity contribution in [3.05, 3.63) is 54.1 Å². The van der Waals surface area contributed by atoms with Crippen LogP contribution in [0.4, 0.5) is 5.69 Å². The van der Waals surface area contributed by atoms with Gasteiger partial charge in [-0.05, 0) is 39.0 Å². The maximum atomic E-state index is 4.70. The highest BCUT2D eigenvalue weighted by Gasteiger charge is 2.12. The number of benzene rings is 1. The maximum absolute atomic E-state index is 4.70. The SMILES string of the molecule is Cc1ccc(NCc2nc3cnccc3n2C(C)C)cc1. The van der Waals surface area contributed by atoms with Gasteiger partial charge >= 0.3 is 0 Å². The van der Waals surface area contributed by atoms with Crippen LogP contribution in [0, 0.1) is 6.92 Å². The smallest absolute Gasteiger partial charge is 0.129 e. The minimum Gasteiger partial charge on any atom is -0.378 e. The topological polar surface area (TPSA) is 42.7 Å². The van der Waals surface area contributed by atoms with E-state index in [1.807, 2.05) is 18.5 Å². The number of aryl methyl sites for hydroxylation is 1. The zero-order chi connectivity index (χ0) is 14.8. The molecule has 0 radical (unpaired) electrons. The first-order valence-electron chi connectivity index (χ1n) is 7.26. The summed E-state index contributed by atoms with van der Waals surface area (Å²) in [4.78, 5) is 8.86. The van der Waals surface area contributed by atoms with Gasteiger partial charge in [0.1, 0.15) is 11.3 Å². The zero-order valence-corrected chi connectivity index (χ0v) is 12.7. The molecule has 1 aromatic carbocycles. The van der Waals surface area contributed by atoms with Crippen LogP contribution in [0.25, 0.3) is 11.0 Å². The van der Waals surface area contributed by atoms with E-state index in [4.69, 9.17) is 4.98 Å². The maximum Gasteiger partial charge on any atom is 0.129 e. The van der Waals surface area contributed by atoms with E-state index < -0.39 is 0 Å². The minimum atomic E-state index is 0.368. The summed E-state index contributed by atoms with van der Waals surface area (Å²) in [5.41, 5.74) is 4.47. The molecule has 0 aliphatic carbocycles. The molecule has 0 spiro atoms. The molecule has 4 heteroatoms. The monoisotopic (exact) mass is 280 g/mol. The van der Waals surface area contributed by atoms with Crippen LogP contribution >= 0.6 is 0 Å². The molecule has 2 aromatic heterocycles. The highest BCUT2D eigenvalue weighted by atomic mass is 15.1. The van der Waals surface area contributed by atoms with E-state index >= 15 is 0 Å². The summed E-state index contributed by atoms with van der Waals surface area (Å²) in [5, 5.41) is 3.44. The Labute approximate surface area is 124 Å². The summed E-state index contributed by atoms with van der Waals surface area (Å²) in [6, 6.07) is 10.8. The lowest BCUT2D eigenvalue weighted by Crippen LogP contribution is -2.10. The Balaban J connectivity index is 1.89. The highest BCUT2D eigenvalue weighted by molar-refractivity contribution is 5.75. The van der Waals surface area contributed by atoms with E-state index in [-0.39, 0.29) is 0 Å². The van der Waals surface area contributed by atoms with Gasteiger partial charge in [0.25, 0.3) is 0 Å². The van der Waals surface area contributed by atoms with Crippen LogP contribution in [0.5, 0.6) is 0 Å². The Morgan fingerprint density at radius 1 is 1.14 bits per heavy atom. The van der Waals surface area contributed by atoms with E-state index in [0.717, 1.165) is 22.5 Å². The molecule has 0 saturated carbocycles. The van der Waals surface area contributed by atoms with Gasteiger partial charge in [0.05, 0.1) is 18.3 Å². The molecular weight excluding hydrogens is 260 g/mol. The second kappa shape index (κ2) is 5.56. The van der Waals surface area contributed by atoms with E-state index in [1.165, 1.54) is 5.56 Å². The molecule has 1 N–H and O–H groups in total. The van der Waals surface area contributed by atoms with Gasteiger partial charge in [0.15, 0.2) is 0 Å². The number of aromatic nitrogens is 3. The number of hydrogen-bond donors (Lipinski definition) is 1. The fourth-order valence-corrected chi connectivity index (χ4v) is 2.55. The van der Waals surface area contributed by atoms with Gasteiger partial charge in [0, 0.05) is 17.9 Å². The lowest BCUT2D eigenvalue weighted by Gasteiger charge is -2.14. The van der Waals surface area contributed by atoms with Gasteiger partial charge in [-0.25, -0.2) is 4.98 Å². The summed E-state index contributed by atoms with van der Waals surface area (Å²) in [7, 11) is 0. The van der Waals surface area contributed by atoms with Crippen molar-refractivity contribution in [1.82, 2.24) is 14.5 Å². The summed E-state index contributed by atoms with van der Waals surface area (Å²) < 4.78 is 2.26. The summed E-state index contributed by atoms with van der Waals surface area (Å²) in [6.45, 7) is 7.15. The van der Waals surface area contributed by atoms with Gasteiger partial charge in [-0.3, -0.25) is 4.98 Å². The second-order valence-corrected chi connectivity index (χ2v) is 5.58. The van der Waals surface area contributed by atoms with Gasteiger partial charge in [-0.15, -0.1) is 0 Å². The average Bonchev–Trinajstić information content (AvgIpc) is 2.85. The van der Waals surface area contributed by atoms with Crippen molar-refractivity contribution in [2.24, 2.45) is 0 Å². The van der Waals surface area contributed by atoms with Crippen molar-refractivity contribution < 1.29 is 0 Å². The third kappa shape index (κ3) is 2.75. The fourth-order valence-electron chi connectivity index (χ4n) is 2.55. The molecule has 4 nitrogen and oxygen atoms in total. The van der Waals surface area contributed by atoms with Gasteiger partial charge in [-0.2, -0.15) is 0 Å². The first-order chi connectivity index (χ1) is 10.1. The van der Waals surface area contributed by atoms with Crippen molar-refractivity contribution in [2.45, 2.75) is 33.4 Å². The van der Waals surface area contributed by atoms with E-state index in [2.05, 4.69) is 59.9 Å². The molecule has 0 amide bonds. The molecule has 3 rings (SSSR count). The predicted octanol–water partition coefficient (Wildman–Crippen LogP) is 3.93. The highest BCUT2D eigenvalue weighted by Crippen LogP contribution is 2.21. The Kier molecular flexibility index (Phi) is 3.60. The number of nitrogens with zero attached hydrogens (tertiary/aromatic N) is 3. The Hall–Kier alpha value is -2.36. The molecule has 0 fully saturated rings. The molecule has 0 unspecified atom stereocenters. The molecule has 21 heavy (non-hydrogen) atoms. The first kappa shape index (κ1) is 13.6. The summed E-state index contributed by atoms with van der Waals surface area (Å²) in [5.74, 6) is 1.04. The van der Waals surface area contributed by atoms with E-state index in [9.17, 15) is 0 Å². The van der Waals surface area contributed by atoms with E-state index in [0.29, 0.717) is 12.6 Å². The van der Waals surface area contributed by atoms with Crippen molar-refractivity contribution in [3.63, 3.8) is 0 Å². The predicted molar refractivity (Wildman–Crippen MR) is 86.4 cm³/mol. The van der Waals surface area contributed by atoms with Crippen molar-refractivity contribution in [2.75, 3.05) is 5.32 Å². The van der Waals surface area contributed by atoms with Crippen molar-refractivity contribution in [3.8, 4) is 0 Å². The number of imidazole rings is 1. The molecule has 108 valence electrons. The Bertz CT molecular complexity index is 741. The Morgan fingerprint density at radius 3 is 2.62 bits per heavy atom. The Morgan fingerprint density at radius 2 is 1.90 bits per heavy atom. The van der Waals surface area contributed by atoms with Crippen molar-refractivity contribution >= 4 is 16.7 Å². The van der Waals surface area contributed by atoms with Gasteiger partial charge in [-0.1, -0.05) is 17.7 Å². The number of rotatable bonds is 4. The lowest BCUT2D eigenvalue weighted by molar-refractivity contribution is 0.589. The van der Waals surface area contributed by atoms with Crippen LogP contribution in [0.15, 0.2) is 42.7 Å². The molecule has 0 aliphatic heterocycles. The standard InChI is InChI=1S/C17H20N4/c1-12(2)21-16-8-9-18-10-15(16)20-17(21)11-19-14-6-4-13(3)5-7-14/h4-10,12,19H,11H2,1-3H3. The van der Waals surface area contributed by atoms with Crippen LogP contribution in [0.1, 0.15) is 31.3 Å². The molecule has 0 saturated heterocycles. The molecule has 2 heterocycles. The molecule has 0 atom stereocenters. The zero-order valence-electron chi connectivity index (χ0n) is 12.7. The van der Waals surface area contributed by atoms with Crippen LogP contribution in [0.3, 0.4) is 0 Å². The quantitative estimate of drug-likeness (QED) is 0.787. The number of fused-ring (bicyclic) bond motifs is 1. The summed E-state index contributed by atoms with van der Waals surface area (Å²) >= 11 is 0. The van der Waals surface area contributed by atoms with Crippen LogP contribution in [-0.2, 0) is 6.54 Å². The molecule has 0 aliphatic rings. The number of anilines is 1. The van der Waals surface area contributed by atoms with Crippen molar-refractivity contribution in [1.29, 1.82) is 0 Å². The largest absolute Gasteiger partial charge is 0.378 e. The first-order valence-corrected chi connectivity index (χ1v) is 7.26. The lowest BCUT2D eigenvalue weighted by atomic mass is 10.2. The molecule has 0 bridgehead atoms. The van der Waals surface area contributed by atoms with Crippen LogP contribution in [-0.4, -0.2) is 14.5 Å². The van der Waals surface area contributed by atoms with Gasteiger partial charge in [0.2, 0.25) is 0 Å². The number of nitrogens with one attached hydrogen (secondary N) is 1. The fraction of sp³-hybridized carbons (Fsp3) is 0.294. The molecule has 3 aromatic rings. The van der Waals surface area contributed by atoms with Crippen LogP contribution in [0.2, 0.25) is 0 Å².